The van der Waals surface area contributed by atoms with Gasteiger partial charge in [0.2, 0.25) is 0 Å². The molecule has 0 radical (unpaired) electrons. The van der Waals surface area contributed by atoms with E-state index in [1.807, 2.05) is 20.8 Å². The van der Waals surface area contributed by atoms with Gasteiger partial charge in [0.25, 0.3) is 11.8 Å². The van der Waals surface area contributed by atoms with Crippen LogP contribution in [0.15, 0.2) is 42.5 Å². The Morgan fingerprint density at radius 3 is 2.13 bits per heavy atom. The Morgan fingerprint density at radius 1 is 0.903 bits per heavy atom. The molecule has 0 aliphatic carbocycles. The molecule has 0 unspecified atom stereocenters. The number of esters is 1. The predicted octanol–water partition coefficient (Wildman–Crippen LogP) is 3.37. The Balaban J connectivity index is 1.92. The Labute approximate surface area is 182 Å². The highest BCUT2D eigenvalue weighted by molar-refractivity contribution is 5.97. The molecule has 31 heavy (non-hydrogen) atoms. The number of hydrogen-bond donors (Lipinski definition) is 1. The molecule has 8 heteroatoms. The van der Waals surface area contributed by atoms with E-state index >= 15 is 0 Å². The molecule has 2 rings (SSSR count). The maximum absolute atomic E-state index is 12.3. The van der Waals surface area contributed by atoms with Crippen LogP contribution >= 0.6 is 0 Å². The number of nitrogens with zero attached hydrogens (tertiary/aromatic N) is 1. The first kappa shape index (κ1) is 23.7. The van der Waals surface area contributed by atoms with E-state index in [9.17, 15) is 14.4 Å². The van der Waals surface area contributed by atoms with Crippen LogP contribution in [0.3, 0.4) is 0 Å². The van der Waals surface area contributed by atoms with Crippen molar-refractivity contribution in [2.24, 2.45) is 0 Å². The fourth-order valence-corrected chi connectivity index (χ4v) is 2.87. The number of nitrogens with one attached hydrogen (secondary N) is 1. The molecule has 1 N–H and O–H groups in total. The number of hydrogen-bond acceptors (Lipinski definition) is 6. The Morgan fingerprint density at radius 2 is 1.55 bits per heavy atom. The summed E-state index contributed by atoms with van der Waals surface area (Å²) in [6, 6.07) is 11.2. The first-order valence-corrected chi connectivity index (χ1v) is 10.1. The van der Waals surface area contributed by atoms with E-state index in [1.165, 1.54) is 19.2 Å². The second-order valence-corrected chi connectivity index (χ2v) is 6.48. The number of ether oxygens (including phenoxy) is 3. The molecule has 0 bridgehead atoms. The van der Waals surface area contributed by atoms with E-state index < -0.39 is 18.5 Å². The third-order valence-electron chi connectivity index (χ3n) is 4.50. The van der Waals surface area contributed by atoms with E-state index in [-0.39, 0.29) is 11.5 Å². The lowest BCUT2D eigenvalue weighted by molar-refractivity contribution is -0.119. The molecule has 0 saturated carbocycles. The second-order valence-electron chi connectivity index (χ2n) is 6.48. The Kier molecular flexibility index (Phi) is 8.87. The van der Waals surface area contributed by atoms with E-state index in [4.69, 9.17) is 14.2 Å². The van der Waals surface area contributed by atoms with E-state index in [2.05, 4.69) is 5.32 Å². The van der Waals surface area contributed by atoms with Gasteiger partial charge in [-0.3, -0.25) is 9.59 Å². The van der Waals surface area contributed by atoms with Gasteiger partial charge in [-0.05, 0) is 63.2 Å². The van der Waals surface area contributed by atoms with Crippen LogP contribution in [0.25, 0.3) is 0 Å². The van der Waals surface area contributed by atoms with E-state index in [1.54, 1.807) is 35.2 Å². The Hall–Kier alpha value is -3.55. The minimum atomic E-state index is -0.654. The van der Waals surface area contributed by atoms with Crippen molar-refractivity contribution in [3.8, 4) is 11.5 Å². The molecule has 166 valence electrons. The summed E-state index contributed by atoms with van der Waals surface area (Å²) in [6.45, 7) is 6.87. The zero-order valence-corrected chi connectivity index (χ0v) is 18.3. The summed E-state index contributed by atoms with van der Waals surface area (Å²) in [7, 11) is 1.51. The summed E-state index contributed by atoms with van der Waals surface area (Å²) in [5, 5.41) is 2.64. The molecule has 2 aromatic rings. The topological polar surface area (TPSA) is 94.2 Å². The van der Waals surface area contributed by atoms with Crippen LogP contribution in [0.4, 0.5) is 5.69 Å². The molecule has 0 aliphatic rings. The van der Waals surface area contributed by atoms with Crippen LogP contribution in [0, 0.1) is 0 Å². The van der Waals surface area contributed by atoms with Gasteiger partial charge in [-0.1, -0.05) is 0 Å². The average molecular weight is 428 g/mol. The number of rotatable bonds is 10. The molecule has 0 atom stereocenters. The SMILES string of the molecule is CCOc1cc(C(=O)OCC(=O)Nc2ccc(C(=O)N(CC)CC)cc2)ccc1OC. The number of carbonyl (C=O) groups excluding carboxylic acids is 3. The quantitative estimate of drug-likeness (QED) is 0.583. The number of amides is 2. The zero-order valence-electron chi connectivity index (χ0n) is 18.3. The number of anilines is 1. The fraction of sp³-hybridized carbons (Fsp3) is 0.348. The van der Waals surface area contributed by atoms with Crippen LogP contribution in [0.5, 0.6) is 11.5 Å². The van der Waals surface area contributed by atoms with Gasteiger partial charge in [0.15, 0.2) is 18.1 Å². The van der Waals surface area contributed by atoms with Crippen molar-refractivity contribution in [3.05, 3.63) is 53.6 Å². The molecule has 2 amide bonds. The largest absolute Gasteiger partial charge is 0.493 e. The van der Waals surface area contributed by atoms with Crippen molar-refractivity contribution in [1.29, 1.82) is 0 Å². The van der Waals surface area contributed by atoms with Crippen molar-refractivity contribution >= 4 is 23.5 Å². The summed E-state index contributed by atoms with van der Waals surface area (Å²) in [4.78, 5) is 38.4. The summed E-state index contributed by atoms with van der Waals surface area (Å²) in [5.74, 6) is -0.293. The molecule has 0 fully saturated rings. The molecule has 0 heterocycles. The zero-order chi connectivity index (χ0) is 22.8. The third-order valence-corrected chi connectivity index (χ3v) is 4.50. The Bertz CT molecular complexity index is 907. The number of carbonyl (C=O) groups is 3. The number of benzene rings is 2. The summed E-state index contributed by atoms with van der Waals surface area (Å²) < 4.78 is 15.7. The van der Waals surface area contributed by atoms with Gasteiger partial charge in [0, 0.05) is 24.3 Å². The fourth-order valence-electron chi connectivity index (χ4n) is 2.87. The molecule has 0 spiro atoms. The van der Waals surface area contributed by atoms with Crippen LogP contribution in [0.1, 0.15) is 41.5 Å². The van der Waals surface area contributed by atoms with Gasteiger partial charge in [0.05, 0.1) is 19.3 Å². The van der Waals surface area contributed by atoms with E-state index in [0.717, 1.165) is 0 Å². The maximum Gasteiger partial charge on any atom is 0.338 e. The summed E-state index contributed by atoms with van der Waals surface area (Å²) in [6.07, 6.45) is 0. The minimum absolute atomic E-state index is 0.0669. The lowest BCUT2D eigenvalue weighted by Gasteiger charge is -2.18. The van der Waals surface area contributed by atoms with Crippen molar-refractivity contribution in [2.45, 2.75) is 20.8 Å². The van der Waals surface area contributed by atoms with Crippen LogP contribution in [-0.2, 0) is 9.53 Å². The smallest absolute Gasteiger partial charge is 0.338 e. The highest BCUT2D eigenvalue weighted by Gasteiger charge is 2.15. The van der Waals surface area contributed by atoms with Crippen LogP contribution in [0.2, 0.25) is 0 Å². The standard InChI is InChI=1S/C23H28N2O6/c1-5-25(6-2)22(27)16-8-11-18(12-9-16)24-21(26)15-31-23(28)17-10-13-19(29-4)20(14-17)30-7-3/h8-14H,5-7,15H2,1-4H3,(H,24,26). The normalized spacial score (nSPS) is 10.2. The monoisotopic (exact) mass is 428 g/mol. The molecular weight excluding hydrogens is 400 g/mol. The second kappa shape index (κ2) is 11.6. The molecule has 8 nitrogen and oxygen atoms in total. The van der Waals surface area contributed by atoms with Crippen molar-refractivity contribution in [1.82, 2.24) is 4.90 Å². The first-order chi connectivity index (χ1) is 14.9. The van der Waals surface area contributed by atoms with Gasteiger partial charge in [-0.2, -0.15) is 0 Å². The highest BCUT2D eigenvalue weighted by atomic mass is 16.5. The summed E-state index contributed by atoms with van der Waals surface area (Å²) >= 11 is 0. The predicted molar refractivity (Wildman–Crippen MR) is 117 cm³/mol. The maximum atomic E-state index is 12.3. The van der Waals surface area contributed by atoms with Gasteiger partial charge in [0.1, 0.15) is 0 Å². The van der Waals surface area contributed by atoms with Crippen LogP contribution < -0.4 is 14.8 Å². The lowest BCUT2D eigenvalue weighted by Crippen LogP contribution is -2.30. The van der Waals surface area contributed by atoms with Crippen molar-refractivity contribution < 1.29 is 28.6 Å². The number of methoxy groups -OCH3 is 1. The summed E-state index contributed by atoms with van der Waals surface area (Å²) in [5.41, 5.74) is 1.29. The first-order valence-electron chi connectivity index (χ1n) is 10.1. The molecular formula is C23H28N2O6. The van der Waals surface area contributed by atoms with E-state index in [0.29, 0.717) is 42.4 Å². The van der Waals surface area contributed by atoms with Crippen LogP contribution in [-0.4, -0.2) is 56.1 Å². The molecule has 2 aromatic carbocycles. The van der Waals surface area contributed by atoms with Gasteiger partial charge >= 0.3 is 5.97 Å². The highest BCUT2D eigenvalue weighted by Crippen LogP contribution is 2.28. The minimum Gasteiger partial charge on any atom is -0.493 e. The van der Waals surface area contributed by atoms with Crippen molar-refractivity contribution in [2.75, 3.05) is 38.7 Å². The van der Waals surface area contributed by atoms with Crippen molar-refractivity contribution in [3.63, 3.8) is 0 Å². The molecule has 0 saturated heterocycles. The molecule has 0 aromatic heterocycles. The van der Waals surface area contributed by atoms with Gasteiger partial charge in [-0.25, -0.2) is 4.79 Å². The lowest BCUT2D eigenvalue weighted by atomic mass is 10.1. The van der Waals surface area contributed by atoms with Gasteiger partial charge < -0.3 is 24.4 Å². The molecule has 0 aliphatic heterocycles. The van der Waals surface area contributed by atoms with Gasteiger partial charge in [-0.15, -0.1) is 0 Å². The average Bonchev–Trinajstić information content (AvgIpc) is 2.79. The third kappa shape index (κ3) is 6.47.